The minimum absolute atomic E-state index is 0.0663. The third-order valence-electron chi connectivity index (χ3n) is 2.98. The highest BCUT2D eigenvalue weighted by Gasteiger charge is 2.33. The lowest BCUT2D eigenvalue weighted by Gasteiger charge is -2.17. The zero-order valence-corrected chi connectivity index (χ0v) is 13.9. The van der Waals surface area contributed by atoms with Gasteiger partial charge >= 0.3 is 7.82 Å². The summed E-state index contributed by atoms with van der Waals surface area (Å²) in [6, 6.07) is 22.7. The first-order valence-corrected chi connectivity index (χ1v) is 8.84. The molecule has 0 amide bonds. The smallest absolute Gasteiger partial charge is 0.508 e. The topological polar surface area (TPSA) is 74.2 Å². The quantitative estimate of drug-likeness (QED) is 0.365. The summed E-state index contributed by atoms with van der Waals surface area (Å²) >= 11 is 0. The summed E-state index contributed by atoms with van der Waals surface area (Å²) in [5.41, 5.74) is 0. The fourth-order valence-corrected chi connectivity index (χ4v) is 2.90. The predicted molar refractivity (Wildman–Crippen MR) is 91.6 cm³/mol. The maximum Gasteiger partial charge on any atom is 0.625 e. The van der Waals surface area contributed by atoms with Gasteiger partial charge in [-0.2, -0.15) is 0 Å². The summed E-state index contributed by atoms with van der Waals surface area (Å²) in [5, 5.41) is 9.27. The predicted octanol–water partition coefficient (Wildman–Crippen LogP) is 4.97. The summed E-state index contributed by atoms with van der Waals surface area (Å²) < 4.78 is 28.7. The molecule has 0 aromatic heterocycles. The molecule has 3 aromatic carbocycles. The van der Waals surface area contributed by atoms with E-state index in [0.29, 0.717) is 11.5 Å². The largest absolute Gasteiger partial charge is 0.625 e. The van der Waals surface area contributed by atoms with Crippen molar-refractivity contribution in [1.29, 1.82) is 0 Å². The van der Waals surface area contributed by atoms with Crippen LogP contribution in [0.15, 0.2) is 84.9 Å². The number of rotatable bonds is 7. The van der Waals surface area contributed by atoms with Crippen LogP contribution in [0.5, 0.6) is 23.0 Å². The molecule has 0 atom stereocenters. The van der Waals surface area contributed by atoms with Gasteiger partial charge in [0.25, 0.3) is 0 Å². The van der Waals surface area contributed by atoms with Crippen molar-refractivity contribution in [2.75, 3.05) is 0 Å². The zero-order valence-electron chi connectivity index (χ0n) is 13.0. The van der Waals surface area contributed by atoms with E-state index in [2.05, 4.69) is 0 Å². The van der Waals surface area contributed by atoms with Crippen molar-refractivity contribution in [3.05, 3.63) is 84.9 Å². The molecule has 6 nitrogen and oxygen atoms in total. The monoisotopic (exact) mass is 358 g/mol. The van der Waals surface area contributed by atoms with E-state index in [0.717, 1.165) is 0 Å². The van der Waals surface area contributed by atoms with Gasteiger partial charge in [-0.15, -0.1) is 0 Å². The second-order valence-electron chi connectivity index (χ2n) is 4.91. The van der Waals surface area contributed by atoms with Crippen LogP contribution in [-0.4, -0.2) is 5.11 Å². The Bertz CT molecular complexity index is 791. The average molecular weight is 358 g/mol. The molecule has 1 N–H and O–H groups in total. The minimum Gasteiger partial charge on any atom is -0.508 e. The van der Waals surface area contributed by atoms with Gasteiger partial charge in [-0.3, -0.25) is 0 Å². The second-order valence-corrected chi connectivity index (χ2v) is 6.32. The number of phosphoric acid groups is 1. The first-order valence-electron chi connectivity index (χ1n) is 7.38. The molecule has 0 radical (unpaired) electrons. The van der Waals surface area contributed by atoms with Gasteiger partial charge in [0, 0.05) is 0 Å². The third kappa shape index (κ3) is 5.01. The molecule has 0 aliphatic carbocycles. The number of benzene rings is 3. The standard InChI is InChI=1S/C18H15O6P/c19-15-11-13-16(14-12-15)21-24-25(20,22-17-7-3-1-4-8-17)23-18-9-5-2-6-10-18/h1-14,19H. The van der Waals surface area contributed by atoms with Crippen LogP contribution in [0, 0.1) is 0 Å². The Hall–Kier alpha value is -2.95. The fraction of sp³-hybridized carbons (Fsp3) is 0. The van der Waals surface area contributed by atoms with Gasteiger partial charge in [-0.05, 0) is 48.5 Å². The van der Waals surface area contributed by atoms with E-state index < -0.39 is 7.82 Å². The molecule has 0 fully saturated rings. The van der Waals surface area contributed by atoms with Gasteiger partial charge in [-0.1, -0.05) is 41.1 Å². The number of phosphoric ester groups is 1. The Morgan fingerprint density at radius 3 is 1.60 bits per heavy atom. The fourth-order valence-electron chi connectivity index (χ4n) is 1.86. The van der Waals surface area contributed by atoms with E-state index in [1.807, 2.05) is 0 Å². The lowest BCUT2D eigenvalue weighted by molar-refractivity contribution is -0.119. The van der Waals surface area contributed by atoms with E-state index >= 15 is 0 Å². The van der Waals surface area contributed by atoms with Gasteiger partial charge in [0.05, 0.1) is 0 Å². The number of para-hydroxylation sites is 2. The summed E-state index contributed by atoms with van der Waals surface area (Å²) in [6.45, 7) is 0. The molecule has 0 aliphatic rings. The lowest BCUT2D eigenvalue weighted by Crippen LogP contribution is -2.07. The minimum atomic E-state index is -4.13. The average Bonchev–Trinajstić information content (AvgIpc) is 2.63. The maximum absolute atomic E-state index is 13.0. The van der Waals surface area contributed by atoms with Gasteiger partial charge in [0.2, 0.25) is 0 Å². The highest BCUT2D eigenvalue weighted by Crippen LogP contribution is 2.49. The molecule has 0 saturated carbocycles. The van der Waals surface area contributed by atoms with Crippen LogP contribution >= 0.6 is 7.82 Å². The van der Waals surface area contributed by atoms with Gasteiger partial charge < -0.3 is 19.0 Å². The summed E-state index contributed by atoms with van der Waals surface area (Å²) in [7, 11) is -4.13. The van der Waals surface area contributed by atoms with Crippen LogP contribution in [0.1, 0.15) is 0 Å². The lowest BCUT2D eigenvalue weighted by atomic mass is 10.3. The van der Waals surface area contributed by atoms with Crippen LogP contribution in [-0.2, 0) is 9.24 Å². The van der Waals surface area contributed by atoms with Gasteiger partial charge in [0.15, 0.2) is 5.75 Å². The highest BCUT2D eigenvalue weighted by atomic mass is 31.2. The zero-order chi connectivity index (χ0) is 17.5. The molecule has 0 unspecified atom stereocenters. The number of hydrogen-bond donors (Lipinski definition) is 1. The highest BCUT2D eigenvalue weighted by molar-refractivity contribution is 7.49. The normalized spacial score (nSPS) is 10.9. The Morgan fingerprint density at radius 1 is 0.640 bits per heavy atom. The van der Waals surface area contributed by atoms with E-state index in [1.165, 1.54) is 24.3 Å². The van der Waals surface area contributed by atoms with Crippen molar-refractivity contribution in [2.45, 2.75) is 0 Å². The summed E-state index contributed by atoms with van der Waals surface area (Å²) in [4.78, 5) is 5.05. The Morgan fingerprint density at radius 2 is 1.12 bits per heavy atom. The third-order valence-corrected chi connectivity index (χ3v) is 4.11. The van der Waals surface area contributed by atoms with E-state index in [4.69, 9.17) is 18.6 Å². The Kier molecular flexibility index (Phi) is 5.23. The van der Waals surface area contributed by atoms with Gasteiger partial charge in [0.1, 0.15) is 17.2 Å². The van der Waals surface area contributed by atoms with Crippen molar-refractivity contribution in [3.8, 4) is 23.0 Å². The molecule has 3 aromatic rings. The molecule has 25 heavy (non-hydrogen) atoms. The molecular weight excluding hydrogens is 343 g/mol. The number of phenols is 1. The second kappa shape index (κ2) is 7.75. The van der Waals surface area contributed by atoms with Crippen molar-refractivity contribution >= 4 is 7.82 Å². The molecule has 0 bridgehead atoms. The molecule has 0 aliphatic heterocycles. The molecule has 128 valence electrons. The molecule has 0 saturated heterocycles. The molecule has 0 heterocycles. The Labute approximate surface area is 144 Å². The van der Waals surface area contributed by atoms with Crippen molar-refractivity contribution < 1.29 is 28.3 Å². The maximum atomic E-state index is 13.0. The van der Waals surface area contributed by atoms with Crippen LogP contribution < -0.4 is 13.9 Å². The molecule has 7 heteroatoms. The SMILES string of the molecule is O=P(OOc1ccc(O)cc1)(Oc1ccccc1)Oc1ccccc1. The van der Waals surface area contributed by atoms with Crippen LogP contribution in [0.2, 0.25) is 0 Å². The van der Waals surface area contributed by atoms with Crippen LogP contribution in [0.25, 0.3) is 0 Å². The van der Waals surface area contributed by atoms with Crippen LogP contribution in [0.4, 0.5) is 0 Å². The van der Waals surface area contributed by atoms with Crippen molar-refractivity contribution in [1.82, 2.24) is 0 Å². The first-order chi connectivity index (χ1) is 12.1. The summed E-state index contributed by atoms with van der Waals surface area (Å²) in [5.74, 6) is 0.898. The Balaban J connectivity index is 1.77. The van der Waals surface area contributed by atoms with Crippen molar-refractivity contribution in [3.63, 3.8) is 0 Å². The number of hydrogen-bond acceptors (Lipinski definition) is 6. The van der Waals surface area contributed by atoms with E-state index in [9.17, 15) is 9.67 Å². The van der Waals surface area contributed by atoms with E-state index in [-0.39, 0.29) is 11.5 Å². The van der Waals surface area contributed by atoms with Gasteiger partial charge in [-0.25, -0.2) is 4.57 Å². The van der Waals surface area contributed by atoms with Crippen molar-refractivity contribution in [2.24, 2.45) is 0 Å². The van der Waals surface area contributed by atoms with E-state index in [1.54, 1.807) is 60.7 Å². The molecule has 3 rings (SSSR count). The molecular formula is C18H15O6P. The number of phenolic OH excluding ortho intramolecular Hbond substituents is 1. The first kappa shape index (κ1) is 16.9. The molecule has 0 spiro atoms. The summed E-state index contributed by atoms with van der Waals surface area (Å²) in [6.07, 6.45) is 0. The van der Waals surface area contributed by atoms with Crippen LogP contribution in [0.3, 0.4) is 0 Å². The number of aromatic hydroxyl groups is 1.